The van der Waals surface area contributed by atoms with Gasteiger partial charge in [0.15, 0.2) is 0 Å². The predicted molar refractivity (Wildman–Crippen MR) is 358 cm³/mol. The minimum absolute atomic E-state index is 1.31. The van der Waals surface area contributed by atoms with E-state index >= 15 is 0 Å². The Morgan fingerprint density at radius 1 is 0.125 bits per heavy atom. The molecule has 0 N–H and O–H groups in total. The summed E-state index contributed by atoms with van der Waals surface area (Å²) in [5.74, 6) is 0. The zero-order valence-corrected chi connectivity index (χ0v) is 56.2. The number of hydrogen-bond acceptors (Lipinski definition) is 2. The molecule has 0 fully saturated rings. The summed E-state index contributed by atoms with van der Waals surface area (Å²) in [4.78, 5) is 5.36. The molecule has 0 saturated heterocycles. The summed E-state index contributed by atoms with van der Waals surface area (Å²) in [5.41, 5.74) is 56.5. The van der Waals surface area contributed by atoms with Crippen LogP contribution in [-0.4, -0.2) is 0 Å². The predicted octanol–water partition coefficient (Wildman–Crippen LogP) is 22.8. The smallest absolute Gasteiger partial charge is 0.0526 e. The Labute approximate surface area is 487 Å². The number of anilines is 6. The van der Waals surface area contributed by atoms with Crippen LogP contribution >= 0.6 is 0 Å². The fourth-order valence-electron chi connectivity index (χ4n) is 14.0. The summed E-state index contributed by atoms with van der Waals surface area (Å²) < 4.78 is 0. The van der Waals surface area contributed by atoms with Crippen molar-refractivity contribution < 1.29 is 0 Å². The van der Waals surface area contributed by atoms with Gasteiger partial charge in [-0.05, 0) is 422 Å². The van der Waals surface area contributed by atoms with Crippen molar-refractivity contribution in [1.82, 2.24) is 0 Å². The molecule has 422 valence electrons. The van der Waals surface area contributed by atoms with Crippen molar-refractivity contribution >= 4 is 58.4 Å². The first-order chi connectivity index (χ1) is 37.1. The Bertz CT molecular complexity index is 3270. The first-order valence-corrected chi connectivity index (χ1v) is 29.7. The van der Waals surface area contributed by atoms with Gasteiger partial charge in [-0.25, -0.2) is 0 Å². The first kappa shape index (κ1) is 61.2. The van der Waals surface area contributed by atoms with E-state index in [2.05, 4.69) is 256 Å². The number of hydrogen-bond donors (Lipinski definition) is 0. The minimum Gasteiger partial charge on any atom is -0.309 e. The Morgan fingerprint density at radius 3 is 0.338 bits per heavy atom. The maximum absolute atomic E-state index is 2.68. The van der Waals surface area contributed by atoms with E-state index in [-0.39, 0.29) is 0 Å². The van der Waals surface area contributed by atoms with Crippen LogP contribution in [0.4, 0.5) is 34.1 Å². The van der Waals surface area contributed by atoms with E-state index in [0.717, 1.165) is 0 Å². The second kappa shape index (κ2) is 22.2. The van der Waals surface area contributed by atoms with Crippen LogP contribution in [0.15, 0.2) is 0 Å². The molecule has 0 aliphatic rings. The molecule has 2 heteroatoms. The number of rotatable bonds is 10. The van der Waals surface area contributed by atoms with Gasteiger partial charge in [-0.1, -0.05) is 24.3 Å². The highest BCUT2D eigenvalue weighted by Crippen LogP contribution is 2.52. The van der Waals surface area contributed by atoms with Gasteiger partial charge in [0, 0.05) is 0 Å². The Balaban J connectivity index is 1.37. The maximum Gasteiger partial charge on any atom is 0.0526 e. The van der Waals surface area contributed by atoms with Gasteiger partial charge in [-0.15, -0.1) is 0 Å². The van der Waals surface area contributed by atoms with E-state index in [1.807, 2.05) is 0 Å². The van der Waals surface area contributed by atoms with Crippen LogP contribution in [0, 0.1) is 222 Å². The molecular weight excluding hydrogens is 965 g/mol. The quantitative estimate of drug-likeness (QED) is 0.126. The van der Waals surface area contributed by atoms with Gasteiger partial charge in [0.05, 0.1) is 34.1 Å². The van der Waals surface area contributed by atoms with E-state index in [4.69, 9.17) is 0 Å². The average Bonchev–Trinajstić information content (AvgIpc) is 3.61. The van der Waals surface area contributed by atoms with Crippen molar-refractivity contribution in [2.45, 2.75) is 222 Å². The maximum atomic E-state index is 2.68. The summed E-state index contributed by atoms with van der Waals surface area (Å²) in [6.45, 7) is 74.5. The summed E-state index contributed by atoms with van der Waals surface area (Å²) >= 11 is 0. The molecule has 0 saturated carbocycles. The molecule has 0 spiro atoms. The van der Waals surface area contributed by atoms with E-state index in [1.54, 1.807) is 0 Å². The normalized spacial score (nSPS) is 11.9. The van der Waals surface area contributed by atoms with Crippen LogP contribution in [0.1, 0.15) is 200 Å². The molecule has 0 bridgehead atoms. The van der Waals surface area contributed by atoms with E-state index in [0.29, 0.717) is 0 Å². The zero-order chi connectivity index (χ0) is 60.2. The number of benzene rings is 7. The summed E-state index contributed by atoms with van der Waals surface area (Å²) in [7, 11) is 0. The molecule has 0 amide bonds. The molecule has 7 aromatic carbocycles. The van der Waals surface area contributed by atoms with Crippen LogP contribution in [0.2, 0.25) is 0 Å². The van der Waals surface area contributed by atoms with Crippen LogP contribution in [0.25, 0.3) is 24.3 Å². The van der Waals surface area contributed by atoms with Crippen LogP contribution < -0.4 is 9.80 Å². The molecular formula is C78H100N2. The Hall–Kier alpha value is -6.38. The molecule has 0 aliphatic heterocycles. The Morgan fingerprint density at radius 2 is 0.212 bits per heavy atom. The molecule has 0 atom stereocenters. The highest BCUT2D eigenvalue weighted by molar-refractivity contribution is 5.94. The molecule has 0 radical (unpaired) electrons. The molecule has 0 aliphatic carbocycles. The van der Waals surface area contributed by atoms with Crippen LogP contribution in [0.5, 0.6) is 0 Å². The lowest BCUT2D eigenvalue weighted by Gasteiger charge is -2.37. The van der Waals surface area contributed by atoms with Crippen molar-refractivity contribution in [1.29, 1.82) is 0 Å². The third-order valence-corrected chi connectivity index (χ3v) is 22.0. The zero-order valence-electron chi connectivity index (χ0n) is 56.2. The lowest BCUT2D eigenvalue weighted by atomic mass is 9.85. The highest BCUT2D eigenvalue weighted by atomic mass is 15.2. The van der Waals surface area contributed by atoms with Gasteiger partial charge in [-0.3, -0.25) is 0 Å². The van der Waals surface area contributed by atoms with Gasteiger partial charge in [0.1, 0.15) is 0 Å². The SMILES string of the molecule is Cc1c(C)c(C)c(N(c2c(C)c(C)c(C)c(C)c2C)c2c(C)c(C)c(/C=C/c3c(C)c(C)c(/C=C/c4c(C)c(C)c(N(c5c(C)c(C)c(C)c(C)c5C)c5c(C)c(C)c(C)c(C)c5C)c(C)c4C)c(C)c3C)c(C)c2C)c(C)c1C. The van der Waals surface area contributed by atoms with Crippen molar-refractivity contribution in [3.63, 3.8) is 0 Å². The second-order valence-corrected chi connectivity index (χ2v) is 25.1. The van der Waals surface area contributed by atoms with Gasteiger partial charge in [0.2, 0.25) is 0 Å². The van der Waals surface area contributed by atoms with Crippen molar-refractivity contribution in [2.24, 2.45) is 0 Å². The fourth-order valence-corrected chi connectivity index (χ4v) is 14.0. The van der Waals surface area contributed by atoms with Crippen molar-refractivity contribution in [3.05, 3.63) is 200 Å². The summed E-state index contributed by atoms with van der Waals surface area (Å²) in [6.07, 6.45) is 9.67. The third-order valence-electron chi connectivity index (χ3n) is 22.0. The van der Waals surface area contributed by atoms with Crippen molar-refractivity contribution in [2.75, 3.05) is 9.80 Å². The van der Waals surface area contributed by atoms with Gasteiger partial charge >= 0.3 is 0 Å². The Kier molecular flexibility index (Phi) is 17.0. The molecule has 0 heterocycles. The van der Waals surface area contributed by atoms with Gasteiger partial charge < -0.3 is 9.80 Å². The van der Waals surface area contributed by atoms with Crippen LogP contribution in [0.3, 0.4) is 0 Å². The van der Waals surface area contributed by atoms with Gasteiger partial charge in [0.25, 0.3) is 0 Å². The fraction of sp³-hybridized carbons (Fsp3) is 0.410. The van der Waals surface area contributed by atoms with E-state index < -0.39 is 0 Å². The first-order valence-electron chi connectivity index (χ1n) is 29.7. The lowest BCUT2D eigenvalue weighted by Crippen LogP contribution is -2.21. The third kappa shape index (κ3) is 9.33. The van der Waals surface area contributed by atoms with E-state index in [9.17, 15) is 0 Å². The highest BCUT2D eigenvalue weighted by Gasteiger charge is 2.32. The lowest BCUT2D eigenvalue weighted by molar-refractivity contribution is 1.07. The molecule has 0 aromatic heterocycles. The summed E-state index contributed by atoms with van der Waals surface area (Å²) in [6, 6.07) is 0. The molecule has 7 aromatic rings. The molecule has 0 unspecified atom stereocenters. The number of nitrogens with zero attached hydrogens (tertiary/aromatic N) is 2. The second-order valence-electron chi connectivity index (χ2n) is 25.1. The van der Waals surface area contributed by atoms with Crippen LogP contribution in [-0.2, 0) is 0 Å². The standard InChI is InChI=1S/C78H100N2/c1-37-41(5)57(21)73(58(22)42(37)6)79(74-59(23)43(7)38(2)44(8)60(74)24)77-65(29)53(17)71(54(18)66(77)30)35-33-69-49(13)51(15)70(52(16)50(69)14)34-36-72-55(19)67(31)78(68(32)56(72)20)80(75-61(25)45(9)39(3)46(10)62(75)26)76-63(27)47(11)40(4)48(12)64(76)28/h33-36H,1-32H3/b35-33+,36-34+. The van der Waals surface area contributed by atoms with Crippen molar-refractivity contribution in [3.8, 4) is 0 Å². The topological polar surface area (TPSA) is 6.48 Å². The monoisotopic (exact) mass is 1060 g/mol. The molecule has 2 nitrogen and oxygen atoms in total. The average molecular weight is 1070 g/mol. The van der Waals surface area contributed by atoms with Gasteiger partial charge in [-0.2, -0.15) is 0 Å². The molecule has 7 rings (SSSR count). The van der Waals surface area contributed by atoms with E-state index in [1.165, 1.54) is 234 Å². The largest absolute Gasteiger partial charge is 0.309 e. The summed E-state index contributed by atoms with van der Waals surface area (Å²) in [5, 5.41) is 0. The minimum atomic E-state index is 1.31. The molecule has 80 heavy (non-hydrogen) atoms.